The number of hydrogen-bond donors (Lipinski definition) is 2. The van der Waals surface area contributed by atoms with Gasteiger partial charge in [-0.05, 0) is 63.1 Å². The van der Waals surface area contributed by atoms with E-state index in [2.05, 4.69) is 38.1 Å². The standard InChI is InChI=1S/C20H26BrN3O2/c1-19(2,3)26-18(25)24-15(11-20(4)9-10-20)17-22-12-16(23-17)13-5-7-14(21)8-6-13/h5-8,12,15H,9-11H2,1-4H3,(H,22,23)(H,24,25)/t15-/m0/s1. The van der Waals surface area contributed by atoms with E-state index in [-0.39, 0.29) is 11.5 Å². The van der Waals surface area contributed by atoms with Crippen LogP contribution in [-0.2, 0) is 4.74 Å². The minimum Gasteiger partial charge on any atom is -0.444 e. The molecule has 0 bridgehead atoms. The molecule has 2 aromatic rings. The van der Waals surface area contributed by atoms with Gasteiger partial charge in [0.1, 0.15) is 11.4 Å². The third-order valence-corrected chi connectivity index (χ3v) is 5.10. The van der Waals surface area contributed by atoms with E-state index >= 15 is 0 Å². The van der Waals surface area contributed by atoms with Gasteiger partial charge in [0.05, 0.1) is 17.9 Å². The first kappa shape index (κ1) is 19.0. The van der Waals surface area contributed by atoms with Crippen molar-refractivity contribution in [2.24, 2.45) is 5.41 Å². The molecule has 0 aliphatic heterocycles. The Balaban J connectivity index is 1.78. The molecule has 1 amide bonds. The van der Waals surface area contributed by atoms with E-state index in [1.165, 1.54) is 12.8 Å². The first-order valence-corrected chi connectivity index (χ1v) is 9.73. The SMILES string of the molecule is CC1(C[C@H](NC(=O)OC(C)(C)C)c2ncc(-c3ccc(Br)cc3)[nH]2)CC1. The second kappa shape index (κ2) is 7.06. The molecule has 2 N–H and O–H groups in total. The van der Waals surface area contributed by atoms with Crippen molar-refractivity contribution >= 4 is 22.0 Å². The van der Waals surface area contributed by atoms with E-state index in [1.807, 2.05) is 51.2 Å². The normalized spacial score (nSPS) is 16.8. The predicted octanol–water partition coefficient (Wildman–Crippen LogP) is 5.60. The van der Waals surface area contributed by atoms with Gasteiger partial charge in [0, 0.05) is 4.47 Å². The highest BCUT2D eigenvalue weighted by atomic mass is 79.9. The van der Waals surface area contributed by atoms with Gasteiger partial charge < -0.3 is 15.0 Å². The number of imidazole rings is 1. The molecule has 0 saturated heterocycles. The predicted molar refractivity (Wildman–Crippen MR) is 106 cm³/mol. The quantitative estimate of drug-likeness (QED) is 0.662. The van der Waals surface area contributed by atoms with Crippen LogP contribution in [0, 0.1) is 5.41 Å². The molecule has 140 valence electrons. The van der Waals surface area contributed by atoms with Crippen LogP contribution in [-0.4, -0.2) is 21.7 Å². The van der Waals surface area contributed by atoms with Gasteiger partial charge in [0.2, 0.25) is 0 Å². The van der Waals surface area contributed by atoms with E-state index in [0.29, 0.717) is 0 Å². The van der Waals surface area contributed by atoms with Gasteiger partial charge in [-0.2, -0.15) is 0 Å². The van der Waals surface area contributed by atoms with E-state index in [9.17, 15) is 4.79 Å². The van der Waals surface area contributed by atoms with Crippen molar-refractivity contribution in [2.75, 3.05) is 0 Å². The monoisotopic (exact) mass is 419 g/mol. The summed E-state index contributed by atoms with van der Waals surface area (Å²) < 4.78 is 6.47. The second-order valence-corrected chi connectivity index (χ2v) is 9.32. The molecule has 1 aromatic heterocycles. The first-order valence-electron chi connectivity index (χ1n) is 8.94. The second-order valence-electron chi connectivity index (χ2n) is 8.40. The summed E-state index contributed by atoms with van der Waals surface area (Å²) in [6.45, 7) is 7.84. The maximum atomic E-state index is 12.3. The summed E-state index contributed by atoms with van der Waals surface area (Å²) in [6.07, 6.45) is 4.62. The fourth-order valence-corrected chi connectivity index (χ4v) is 3.13. The van der Waals surface area contributed by atoms with Crippen LogP contribution in [0.25, 0.3) is 11.3 Å². The van der Waals surface area contributed by atoms with Gasteiger partial charge in [0.25, 0.3) is 0 Å². The Hall–Kier alpha value is -1.82. The molecule has 1 heterocycles. The van der Waals surface area contributed by atoms with Crippen LogP contribution in [0.1, 0.15) is 58.8 Å². The number of alkyl carbamates (subject to hydrolysis) is 1. The summed E-state index contributed by atoms with van der Waals surface area (Å²) >= 11 is 3.45. The van der Waals surface area contributed by atoms with Crippen LogP contribution in [0.2, 0.25) is 0 Å². The number of nitrogens with one attached hydrogen (secondary N) is 2. The van der Waals surface area contributed by atoms with Crippen LogP contribution in [0.4, 0.5) is 4.79 Å². The molecule has 1 saturated carbocycles. The van der Waals surface area contributed by atoms with Crippen molar-refractivity contribution in [2.45, 2.75) is 58.6 Å². The summed E-state index contributed by atoms with van der Waals surface area (Å²) in [4.78, 5) is 20.2. The van der Waals surface area contributed by atoms with Crippen LogP contribution >= 0.6 is 15.9 Å². The number of carbonyl (C=O) groups is 1. The van der Waals surface area contributed by atoms with E-state index in [1.54, 1.807) is 0 Å². The highest BCUT2D eigenvalue weighted by Crippen LogP contribution is 2.51. The summed E-state index contributed by atoms with van der Waals surface area (Å²) in [6, 6.07) is 7.86. The molecule has 0 radical (unpaired) electrons. The first-order chi connectivity index (χ1) is 12.1. The number of ether oxygens (including phenoxy) is 1. The molecule has 0 unspecified atom stereocenters. The topological polar surface area (TPSA) is 67.0 Å². The smallest absolute Gasteiger partial charge is 0.408 e. The van der Waals surface area contributed by atoms with Crippen molar-refractivity contribution in [1.29, 1.82) is 0 Å². The molecule has 26 heavy (non-hydrogen) atoms. The maximum absolute atomic E-state index is 12.3. The summed E-state index contributed by atoms with van der Waals surface area (Å²) in [5.41, 5.74) is 1.73. The van der Waals surface area contributed by atoms with Gasteiger partial charge in [-0.15, -0.1) is 0 Å². The molecule has 5 nitrogen and oxygen atoms in total. The third-order valence-electron chi connectivity index (χ3n) is 4.57. The van der Waals surface area contributed by atoms with Crippen molar-refractivity contribution in [3.05, 3.63) is 40.8 Å². The fourth-order valence-electron chi connectivity index (χ4n) is 2.87. The van der Waals surface area contributed by atoms with E-state index in [0.717, 1.165) is 28.0 Å². The molecule has 1 atom stereocenters. The largest absolute Gasteiger partial charge is 0.444 e. The lowest BCUT2D eigenvalue weighted by atomic mass is 9.99. The number of H-pyrrole nitrogens is 1. The summed E-state index contributed by atoms with van der Waals surface area (Å²) in [7, 11) is 0. The number of benzene rings is 1. The van der Waals surface area contributed by atoms with Gasteiger partial charge in [0.15, 0.2) is 0 Å². The Morgan fingerprint density at radius 2 is 2.00 bits per heavy atom. The molecule has 3 rings (SSSR count). The molecular weight excluding hydrogens is 394 g/mol. The average molecular weight is 420 g/mol. The third kappa shape index (κ3) is 5.10. The lowest BCUT2D eigenvalue weighted by molar-refractivity contribution is 0.0493. The van der Waals surface area contributed by atoms with Crippen LogP contribution in [0.3, 0.4) is 0 Å². The number of amides is 1. The molecule has 1 aliphatic carbocycles. The van der Waals surface area contributed by atoms with E-state index in [4.69, 9.17) is 4.74 Å². The maximum Gasteiger partial charge on any atom is 0.408 e. The zero-order valence-electron chi connectivity index (χ0n) is 15.7. The minimum absolute atomic E-state index is 0.193. The Bertz CT molecular complexity index is 773. The van der Waals surface area contributed by atoms with Crippen molar-refractivity contribution < 1.29 is 9.53 Å². The highest BCUT2D eigenvalue weighted by molar-refractivity contribution is 9.10. The number of halogens is 1. The van der Waals surface area contributed by atoms with Gasteiger partial charge in [-0.25, -0.2) is 9.78 Å². The van der Waals surface area contributed by atoms with Crippen molar-refractivity contribution in [3.63, 3.8) is 0 Å². The fraction of sp³-hybridized carbons (Fsp3) is 0.500. The Kier molecular flexibility index (Phi) is 5.15. The highest BCUT2D eigenvalue weighted by Gasteiger charge is 2.41. The van der Waals surface area contributed by atoms with Gasteiger partial charge >= 0.3 is 6.09 Å². The van der Waals surface area contributed by atoms with Crippen molar-refractivity contribution in [3.8, 4) is 11.3 Å². The number of aromatic amines is 1. The Labute approximate surface area is 163 Å². The molecule has 0 spiro atoms. The van der Waals surface area contributed by atoms with E-state index < -0.39 is 11.7 Å². The van der Waals surface area contributed by atoms with Crippen LogP contribution < -0.4 is 5.32 Å². The number of carbonyl (C=O) groups excluding carboxylic acids is 1. The minimum atomic E-state index is -0.524. The number of nitrogens with zero attached hydrogens (tertiary/aromatic N) is 1. The Morgan fingerprint density at radius 3 is 2.58 bits per heavy atom. The van der Waals surface area contributed by atoms with Gasteiger partial charge in [-0.1, -0.05) is 35.0 Å². The zero-order chi connectivity index (χ0) is 18.9. The molecule has 1 fully saturated rings. The van der Waals surface area contributed by atoms with Crippen LogP contribution in [0.15, 0.2) is 34.9 Å². The summed E-state index contributed by atoms with van der Waals surface area (Å²) in [5.74, 6) is 0.766. The number of hydrogen-bond acceptors (Lipinski definition) is 3. The Morgan fingerprint density at radius 1 is 1.35 bits per heavy atom. The lowest BCUT2D eigenvalue weighted by Gasteiger charge is -2.24. The number of rotatable bonds is 5. The summed E-state index contributed by atoms with van der Waals surface area (Å²) in [5, 5.41) is 3.00. The average Bonchev–Trinajstić information content (AvgIpc) is 3.07. The van der Waals surface area contributed by atoms with Crippen molar-refractivity contribution in [1.82, 2.24) is 15.3 Å². The lowest BCUT2D eigenvalue weighted by Crippen LogP contribution is -2.36. The molecular formula is C20H26BrN3O2. The molecule has 6 heteroatoms. The number of aromatic nitrogens is 2. The zero-order valence-corrected chi connectivity index (χ0v) is 17.3. The molecule has 1 aromatic carbocycles. The molecule has 1 aliphatic rings. The van der Waals surface area contributed by atoms with Gasteiger partial charge in [-0.3, -0.25) is 0 Å². The van der Waals surface area contributed by atoms with Crippen LogP contribution in [0.5, 0.6) is 0 Å².